The van der Waals surface area contributed by atoms with Gasteiger partial charge in [0, 0.05) is 19.5 Å². The van der Waals surface area contributed by atoms with Gasteiger partial charge in [-0.3, -0.25) is 9.59 Å². The Morgan fingerprint density at radius 3 is 3.07 bits per heavy atom. The van der Waals surface area contributed by atoms with E-state index in [-0.39, 0.29) is 17.8 Å². The minimum atomic E-state index is -0.230. The lowest BCUT2D eigenvalue weighted by Gasteiger charge is -2.30. The Morgan fingerprint density at radius 1 is 1.79 bits per heavy atom. The second kappa shape index (κ2) is 4.79. The molecule has 4 nitrogen and oxygen atoms in total. The summed E-state index contributed by atoms with van der Waals surface area (Å²) < 4.78 is 4.65. The van der Waals surface area contributed by atoms with Crippen molar-refractivity contribution in [2.45, 2.75) is 12.8 Å². The number of rotatable bonds is 3. The molecular formula is C10H15NO3. The van der Waals surface area contributed by atoms with Gasteiger partial charge in [0.05, 0.1) is 13.0 Å². The average Bonchev–Trinajstić information content (AvgIpc) is 2.20. The fourth-order valence-electron chi connectivity index (χ4n) is 1.61. The third-order valence-corrected chi connectivity index (χ3v) is 2.38. The highest BCUT2D eigenvalue weighted by Gasteiger charge is 2.29. The van der Waals surface area contributed by atoms with Crippen LogP contribution >= 0.6 is 0 Å². The Morgan fingerprint density at radius 2 is 2.50 bits per heavy atom. The van der Waals surface area contributed by atoms with Gasteiger partial charge >= 0.3 is 5.97 Å². The van der Waals surface area contributed by atoms with Crippen LogP contribution in [0.5, 0.6) is 0 Å². The fraction of sp³-hybridized carbons (Fsp3) is 0.600. The van der Waals surface area contributed by atoms with Gasteiger partial charge in [0.15, 0.2) is 0 Å². The molecule has 1 aliphatic rings. The van der Waals surface area contributed by atoms with Crippen molar-refractivity contribution < 1.29 is 14.3 Å². The second-order valence-corrected chi connectivity index (χ2v) is 3.35. The first-order valence-corrected chi connectivity index (χ1v) is 4.65. The molecule has 0 aromatic carbocycles. The lowest BCUT2D eigenvalue weighted by molar-refractivity contribution is -0.150. The Hall–Kier alpha value is -1.32. The number of ether oxygens (including phenoxy) is 1. The first-order chi connectivity index (χ1) is 6.69. The van der Waals surface area contributed by atoms with Crippen molar-refractivity contribution in [2.75, 3.05) is 20.2 Å². The number of esters is 1. The van der Waals surface area contributed by atoms with E-state index in [1.54, 1.807) is 11.0 Å². The number of carbonyl (C=O) groups is 2. The van der Waals surface area contributed by atoms with E-state index in [1.165, 1.54) is 7.11 Å². The highest BCUT2D eigenvalue weighted by molar-refractivity contribution is 5.81. The Balaban J connectivity index is 2.56. The van der Waals surface area contributed by atoms with Gasteiger partial charge in [0.25, 0.3) is 0 Å². The molecule has 1 heterocycles. The van der Waals surface area contributed by atoms with Crippen molar-refractivity contribution in [3.05, 3.63) is 12.7 Å². The van der Waals surface area contributed by atoms with E-state index in [9.17, 15) is 9.59 Å². The molecule has 0 N–H and O–H groups in total. The molecular weight excluding hydrogens is 182 g/mol. The Labute approximate surface area is 83.5 Å². The van der Waals surface area contributed by atoms with Gasteiger partial charge < -0.3 is 9.64 Å². The predicted molar refractivity (Wildman–Crippen MR) is 51.5 cm³/mol. The van der Waals surface area contributed by atoms with E-state index in [0.29, 0.717) is 25.9 Å². The lowest BCUT2D eigenvalue weighted by atomic mass is 9.98. The molecule has 4 heteroatoms. The van der Waals surface area contributed by atoms with E-state index < -0.39 is 0 Å². The summed E-state index contributed by atoms with van der Waals surface area (Å²) in [4.78, 5) is 24.2. The van der Waals surface area contributed by atoms with Crippen molar-refractivity contribution in [3.63, 3.8) is 0 Å². The van der Waals surface area contributed by atoms with Gasteiger partial charge in [-0.1, -0.05) is 6.08 Å². The third kappa shape index (κ3) is 2.34. The molecule has 78 valence electrons. The smallest absolute Gasteiger partial charge is 0.310 e. The summed E-state index contributed by atoms with van der Waals surface area (Å²) in [6.07, 6.45) is 2.68. The summed E-state index contributed by atoms with van der Waals surface area (Å²) in [5, 5.41) is 0. The van der Waals surface area contributed by atoms with E-state index in [1.807, 2.05) is 0 Å². The van der Waals surface area contributed by atoms with Gasteiger partial charge in [0.1, 0.15) is 0 Å². The zero-order chi connectivity index (χ0) is 10.6. The minimum absolute atomic E-state index is 0.0880. The molecule has 0 radical (unpaired) electrons. The standard InChI is InChI=1S/C10H15NO3/c1-3-6-11-7-8(10(13)14-2)4-5-9(11)12/h3,8H,1,4-7H2,2H3. The molecule has 0 aromatic rings. The van der Waals surface area contributed by atoms with Crippen molar-refractivity contribution in [1.29, 1.82) is 0 Å². The number of nitrogens with zero attached hydrogens (tertiary/aromatic N) is 1. The van der Waals surface area contributed by atoms with Gasteiger partial charge in [-0.25, -0.2) is 0 Å². The van der Waals surface area contributed by atoms with Crippen LogP contribution < -0.4 is 0 Å². The maximum absolute atomic E-state index is 11.4. The monoisotopic (exact) mass is 197 g/mol. The topological polar surface area (TPSA) is 46.6 Å². The van der Waals surface area contributed by atoms with Crippen LogP contribution in [-0.4, -0.2) is 37.0 Å². The Bertz CT molecular complexity index is 250. The van der Waals surface area contributed by atoms with Crippen molar-refractivity contribution in [1.82, 2.24) is 4.90 Å². The van der Waals surface area contributed by atoms with Crippen molar-refractivity contribution in [2.24, 2.45) is 5.92 Å². The molecule has 0 saturated carbocycles. The quantitative estimate of drug-likeness (QED) is 0.491. The number of piperidine rings is 1. The first-order valence-electron chi connectivity index (χ1n) is 4.65. The van der Waals surface area contributed by atoms with Crippen molar-refractivity contribution in [3.8, 4) is 0 Å². The summed E-state index contributed by atoms with van der Waals surface area (Å²) >= 11 is 0. The molecule has 0 bridgehead atoms. The molecule has 1 rings (SSSR count). The maximum atomic E-state index is 11.4. The molecule has 0 aliphatic carbocycles. The van der Waals surface area contributed by atoms with Gasteiger partial charge in [-0.05, 0) is 6.42 Å². The fourth-order valence-corrected chi connectivity index (χ4v) is 1.61. The first kappa shape index (κ1) is 10.8. The molecule has 1 amide bonds. The Kier molecular flexibility index (Phi) is 3.68. The number of hydrogen-bond acceptors (Lipinski definition) is 3. The summed E-state index contributed by atoms with van der Waals surface area (Å²) in [6.45, 7) is 4.53. The molecule has 0 aromatic heterocycles. The largest absolute Gasteiger partial charge is 0.469 e. The number of hydrogen-bond donors (Lipinski definition) is 0. The maximum Gasteiger partial charge on any atom is 0.310 e. The van der Waals surface area contributed by atoms with Crippen LogP contribution in [-0.2, 0) is 14.3 Å². The average molecular weight is 197 g/mol. The number of amides is 1. The van der Waals surface area contributed by atoms with E-state index in [4.69, 9.17) is 0 Å². The number of carbonyl (C=O) groups excluding carboxylic acids is 2. The molecule has 0 spiro atoms. The van der Waals surface area contributed by atoms with Gasteiger partial charge in [-0.15, -0.1) is 6.58 Å². The summed E-state index contributed by atoms with van der Waals surface area (Å²) in [6, 6.07) is 0. The van der Waals surface area contributed by atoms with Crippen LogP contribution in [0.25, 0.3) is 0 Å². The molecule has 14 heavy (non-hydrogen) atoms. The van der Waals surface area contributed by atoms with Crippen LogP contribution in [0.15, 0.2) is 12.7 Å². The SMILES string of the molecule is C=CCN1CC(C(=O)OC)CCC1=O. The third-order valence-electron chi connectivity index (χ3n) is 2.38. The van der Waals surface area contributed by atoms with E-state index in [2.05, 4.69) is 11.3 Å². The zero-order valence-electron chi connectivity index (χ0n) is 8.36. The molecule has 1 aliphatic heterocycles. The highest BCUT2D eigenvalue weighted by atomic mass is 16.5. The zero-order valence-corrected chi connectivity index (χ0v) is 8.36. The lowest BCUT2D eigenvalue weighted by Crippen LogP contribution is -2.42. The van der Waals surface area contributed by atoms with E-state index >= 15 is 0 Å². The molecule has 1 saturated heterocycles. The predicted octanol–water partition coefficient (Wildman–Crippen LogP) is 0.584. The van der Waals surface area contributed by atoms with Crippen LogP contribution in [0.2, 0.25) is 0 Å². The minimum Gasteiger partial charge on any atom is -0.469 e. The summed E-state index contributed by atoms with van der Waals surface area (Å²) in [7, 11) is 1.37. The normalized spacial score (nSPS) is 21.9. The van der Waals surface area contributed by atoms with Crippen LogP contribution in [0.3, 0.4) is 0 Å². The number of methoxy groups -OCH3 is 1. The number of likely N-dealkylation sites (tertiary alicyclic amines) is 1. The summed E-state index contributed by atoms with van der Waals surface area (Å²) in [5.74, 6) is -0.311. The summed E-state index contributed by atoms with van der Waals surface area (Å²) in [5.41, 5.74) is 0. The molecule has 1 atom stereocenters. The molecule has 1 fully saturated rings. The van der Waals surface area contributed by atoms with Gasteiger partial charge in [0.2, 0.25) is 5.91 Å². The highest BCUT2D eigenvalue weighted by Crippen LogP contribution is 2.18. The van der Waals surface area contributed by atoms with Crippen LogP contribution in [0, 0.1) is 5.92 Å². The van der Waals surface area contributed by atoms with Crippen LogP contribution in [0.4, 0.5) is 0 Å². The van der Waals surface area contributed by atoms with Crippen molar-refractivity contribution >= 4 is 11.9 Å². The van der Waals surface area contributed by atoms with E-state index in [0.717, 1.165) is 0 Å². The van der Waals surface area contributed by atoms with Crippen LogP contribution in [0.1, 0.15) is 12.8 Å². The second-order valence-electron chi connectivity index (χ2n) is 3.35. The van der Waals surface area contributed by atoms with Gasteiger partial charge in [-0.2, -0.15) is 0 Å². The molecule has 1 unspecified atom stereocenters.